The van der Waals surface area contributed by atoms with E-state index in [0.29, 0.717) is 16.8 Å². The van der Waals surface area contributed by atoms with Crippen LogP contribution in [0.15, 0.2) is 47.6 Å². The molecule has 6 heteroatoms. The van der Waals surface area contributed by atoms with Crippen LogP contribution in [0.1, 0.15) is 21.5 Å². The molecule has 21 heavy (non-hydrogen) atoms. The molecule has 0 radical (unpaired) electrons. The standard InChI is InChI=1S/C15H15N3O3/c1-9-3-2-4-12(13(9)19)15(20)17-11-7-5-10(6-8-11)14(16)18-21/h2-8,19,21H,1H3,(H2,16,18)(H,17,20). The molecule has 2 rings (SSSR count). The van der Waals surface area contributed by atoms with Crippen LogP contribution in [0.25, 0.3) is 0 Å². The number of nitrogens with two attached hydrogens (primary N) is 1. The molecule has 0 bridgehead atoms. The number of amidine groups is 1. The van der Waals surface area contributed by atoms with E-state index in [-0.39, 0.29) is 17.1 Å². The molecule has 0 unspecified atom stereocenters. The number of para-hydroxylation sites is 1. The second kappa shape index (κ2) is 5.96. The van der Waals surface area contributed by atoms with Crippen molar-refractivity contribution in [2.24, 2.45) is 10.9 Å². The van der Waals surface area contributed by atoms with Gasteiger partial charge < -0.3 is 21.4 Å². The van der Waals surface area contributed by atoms with Crippen LogP contribution in [0.3, 0.4) is 0 Å². The van der Waals surface area contributed by atoms with Gasteiger partial charge in [0.1, 0.15) is 5.75 Å². The zero-order valence-corrected chi connectivity index (χ0v) is 11.4. The summed E-state index contributed by atoms with van der Waals surface area (Å²) < 4.78 is 0. The van der Waals surface area contributed by atoms with E-state index in [2.05, 4.69) is 10.5 Å². The number of phenolic OH excluding ortho intramolecular Hbond substituents is 1. The van der Waals surface area contributed by atoms with Crippen LogP contribution in [0.5, 0.6) is 5.75 Å². The Bertz CT molecular complexity index is 694. The van der Waals surface area contributed by atoms with Crippen molar-refractivity contribution in [3.8, 4) is 5.75 Å². The summed E-state index contributed by atoms with van der Waals surface area (Å²) in [6.45, 7) is 1.72. The summed E-state index contributed by atoms with van der Waals surface area (Å²) in [5.74, 6) is -0.458. The van der Waals surface area contributed by atoms with Crippen LogP contribution in [0, 0.1) is 6.92 Å². The zero-order chi connectivity index (χ0) is 15.4. The minimum Gasteiger partial charge on any atom is -0.507 e. The van der Waals surface area contributed by atoms with Crippen molar-refractivity contribution in [2.75, 3.05) is 5.32 Å². The fraction of sp³-hybridized carbons (Fsp3) is 0.0667. The van der Waals surface area contributed by atoms with Gasteiger partial charge >= 0.3 is 0 Å². The van der Waals surface area contributed by atoms with Gasteiger partial charge in [0.15, 0.2) is 5.84 Å². The number of aryl methyl sites for hydroxylation is 1. The van der Waals surface area contributed by atoms with Gasteiger partial charge in [-0.1, -0.05) is 17.3 Å². The molecule has 108 valence electrons. The van der Waals surface area contributed by atoms with Crippen molar-refractivity contribution in [3.63, 3.8) is 0 Å². The number of rotatable bonds is 3. The van der Waals surface area contributed by atoms with Crippen molar-refractivity contribution >= 4 is 17.4 Å². The van der Waals surface area contributed by atoms with Gasteiger partial charge in [0.25, 0.3) is 5.91 Å². The van der Waals surface area contributed by atoms with Gasteiger partial charge in [-0.15, -0.1) is 0 Å². The van der Waals surface area contributed by atoms with Crippen molar-refractivity contribution in [1.29, 1.82) is 0 Å². The molecule has 5 N–H and O–H groups in total. The lowest BCUT2D eigenvalue weighted by molar-refractivity contribution is 0.102. The summed E-state index contributed by atoms with van der Waals surface area (Å²) in [6, 6.07) is 11.4. The van der Waals surface area contributed by atoms with Crippen LogP contribution >= 0.6 is 0 Å². The predicted molar refractivity (Wildman–Crippen MR) is 79.7 cm³/mol. The Balaban J connectivity index is 2.18. The minimum atomic E-state index is -0.409. The van der Waals surface area contributed by atoms with E-state index in [1.165, 1.54) is 0 Å². The SMILES string of the molecule is Cc1cccc(C(=O)Nc2ccc(/C(N)=N/O)cc2)c1O. The number of benzene rings is 2. The van der Waals surface area contributed by atoms with Crippen LogP contribution in [-0.4, -0.2) is 22.1 Å². The third-order valence-corrected chi connectivity index (χ3v) is 3.03. The van der Waals surface area contributed by atoms with Crippen LogP contribution in [-0.2, 0) is 0 Å². The maximum Gasteiger partial charge on any atom is 0.259 e. The smallest absolute Gasteiger partial charge is 0.259 e. The number of oxime groups is 1. The second-order valence-corrected chi connectivity index (χ2v) is 4.49. The lowest BCUT2D eigenvalue weighted by Crippen LogP contribution is -2.14. The van der Waals surface area contributed by atoms with Gasteiger partial charge in [0.05, 0.1) is 5.56 Å². The number of nitrogens with one attached hydrogen (secondary N) is 1. The molecule has 0 fully saturated rings. The third kappa shape index (κ3) is 3.11. The van der Waals surface area contributed by atoms with Gasteiger partial charge in [-0.25, -0.2) is 0 Å². The molecule has 0 aliphatic carbocycles. The first-order valence-electron chi connectivity index (χ1n) is 6.21. The number of aromatic hydroxyl groups is 1. The fourth-order valence-electron chi connectivity index (χ4n) is 1.82. The minimum absolute atomic E-state index is 0.01000. The number of hydrogen-bond acceptors (Lipinski definition) is 4. The number of hydrogen-bond donors (Lipinski definition) is 4. The highest BCUT2D eigenvalue weighted by Gasteiger charge is 2.12. The molecule has 0 saturated heterocycles. The highest BCUT2D eigenvalue weighted by atomic mass is 16.4. The molecule has 2 aromatic carbocycles. The summed E-state index contributed by atoms with van der Waals surface area (Å²) in [7, 11) is 0. The molecule has 0 aliphatic rings. The Kier molecular flexibility index (Phi) is 4.08. The average Bonchev–Trinajstić information content (AvgIpc) is 2.50. The summed E-state index contributed by atoms with van der Waals surface area (Å²) in [5.41, 5.74) is 7.36. The Labute approximate surface area is 121 Å². The molecular weight excluding hydrogens is 270 g/mol. The van der Waals surface area contributed by atoms with Crippen molar-refractivity contribution in [3.05, 3.63) is 59.2 Å². The molecule has 6 nitrogen and oxygen atoms in total. The first-order chi connectivity index (χ1) is 10.0. The first kappa shape index (κ1) is 14.4. The summed E-state index contributed by atoms with van der Waals surface area (Å²) in [6.07, 6.45) is 0. The number of anilines is 1. The molecule has 2 aromatic rings. The molecule has 0 heterocycles. The van der Waals surface area contributed by atoms with E-state index in [4.69, 9.17) is 10.9 Å². The molecule has 0 aliphatic heterocycles. The lowest BCUT2D eigenvalue weighted by atomic mass is 10.1. The monoisotopic (exact) mass is 285 g/mol. The number of nitrogens with zero attached hydrogens (tertiary/aromatic N) is 1. The first-order valence-corrected chi connectivity index (χ1v) is 6.21. The van der Waals surface area contributed by atoms with Gasteiger partial charge in [-0.3, -0.25) is 4.79 Å². The topological polar surface area (TPSA) is 108 Å². The van der Waals surface area contributed by atoms with Crippen molar-refractivity contribution in [2.45, 2.75) is 6.92 Å². The van der Waals surface area contributed by atoms with Crippen molar-refractivity contribution in [1.82, 2.24) is 0 Å². The Morgan fingerprint density at radius 1 is 1.19 bits per heavy atom. The van der Waals surface area contributed by atoms with Gasteiger partial charge in [0.2, 0.25) is 0 Å². The molecule has 0 saturated carbocycles. The van der Waals surface area contributed by atoms with E-state index in [0.717, 1.165) is 0 Å². The Hall–Kier alpha value is -3.02. The maximum absolute atomic E-state index is 12.1. The number of carbonyl (C=O) groups excluding carboxylic acids is 1. The van der Waals surface area contributed by atoms with E-state index >= 15 is 0 Å². The highest BCUT2D eigenvalue weighted by molar-refractivity contribution is 6.06. The van der Waals surface area contributed by atoms with Crippen LogP contribution < -0.4 is 11.1 Å². The predicted octanol–water partition coefficient (Wildman–Crippen LogP) is 2.05. The Morgan fingerprint density at radius 2 is 1.86 bits per heavy atom. The number of phenols is 1. The van der Waals surface area contributed by atoms with Gasteiger partial charge in [-0.05, 0) is 42.8 Å². The normalized spacial score (nSPS) is 11.2. The lowest BCUT2D eigenvalue weighted by Gasteiger charge is -2.09. The quantitative estimate of drug-likeness (QED) is 0.299. The summed E-state index contributed by atoms with van der Waals surface area (Å²) >= 11 is 0. The Morgan fingerprint density at radius 3 is 2.48 bits per heavy atom. The summed E-state index contributed by atoms with van der Waals surface area (Å²) in [4.78, 5) is 12.1. The second-order valence-electron chi connectivity index (χ2n) is 4.49. The van der Waals surface area contributed by atoms with E-state index in [9.17, 15) is 9.90 Å². The van der Waals surface area contributed by atoms with Crippen LogP contribution in [0.4, 0.5) is 5.69 Å². The zero-order valence-electron chi connectivity index (χ0n) is 11.4. The van der Waals surface area contributed by atoms with E-state index in [1.807, 2.05) is 0 Å². The molecule has 0 aromatic heterocycles. The molecular formula is C15H15N3O3. The maximum atomic E-state index is 12.1. The third-order valence-electron chi connectivity index (χ3n) is 3.03. The largest absolute Gasteiger partial charge is 0.507 e. The van der Waals surface area contributed by atoms with E-state index < -0.39 is 5.91 Å². The fourth-order valence-corrected chi connectivity index (χ4v) is 1.82. The van der Waals surface area contributed by atoms with Crippen LogP contribution in [0.2, 0.25) is 0 Å². The average molecular weight is 285 g/mol. The van der Waals surface area contributed by atoms with Gasteiger partial charge in [-0.2, -0.15) is 0 Å². The molecule has 0 atom stereocenters. The highest BCUT2D eigenvalue weighted by Crippen LogP contribution is 2.22. The number of carbonyl (C=O) groups is 1. The van der Waals surface area contributed by atoms with Crippen molar-refractivity contribution < 1.29 is 15.1 Å². The summed E-state index contributed by atoms with van der Waals surface area (Å²) in [5, 5.41) is 24.0. The molecule has 0 spiro atoms. The van der Waals surface area contributed by atoms with Gasteiger partial charge in [0, 0.05) is 11.3 Å². The molecule has 1 amide bonds. The van der Waals surface area contributed by atoms with E-state index in [1.54, 1.807) is 49.4 Å². The number of amides is 1.